The van der Waals surface area contributed by atoms with E-state index < -0.39 is 6.10 Å². The Balaban J connectivity index is 1.38. The third-order valence-corrected chi connectivity index (χ3v) is 5.23. The van der Waals surface area contributed by atoms with E-state index in [0.717, 1.165) is 12.8 Å². The molecule has 3 aliphatic rings. The molecule has 3 aliphatic heterocycles. The van der Waals surface area contributed by atoms with Gasteiger partial charge in [-0.05, 0) is 25.8 Å². The Bertz CT molecular complexity index is 819. The number of ether oxygens (including phenoxy) is 4. The van der Waals surface area contributed by atoms with Crippen LogP contribution in [0, 0.1) is 0 Å². The summed E-state index contributed by atoms with van der Waals surface area (Å²) in [6.45, 7) is 3.32. The van der Waals surface area contributed by atoms with E-state index in [1.165, 1.54) is 6.92 Å². The van der Waals surface area contributed by atoms with Crippen molar-refractivity contribution in [3.05, 3.63) is 17.7 Å². The maximum absolute atomic E-state index is 12.6. The van der Waals surface area contributed by atoms with Crippen LogP contribution >= 0.6 is 0 Å². The highest BCUT2D eigenvalue weighted by Gasteiger charge is 2.32. The first-order valence-electron chi connectivity index (χ1n) is 9.77. The average Bonchev–Trinajstić information content (AvgIpc) is 3.38. The molecule has 2 fully saturated rings. The number of carbonyl (C=O) groups is 3. The molecule has 1 aromatic rings. The zero-order valence-corrected chi connectivity index (χ0v) is 16.3. The van der Waals surface area contributed by atoms with Crippen molar-refractivity contribution in [3.8, 4) is 11.5 Å². The van der Waals surface area contributed by atoms with Crippen molar-refractivity contribution in [2.24, 2.45) is 0 Å². The fraction of sp³-hybridized carbons (Fsp3) is 0.550. The number of hydrogen-bond donors (Lipinski definition) is 1. The third kappa shape index (κ3) is 4.35. The summed E-state index contributed by atoms with van der Waals surface area (Å²) in [5.74, 6) is 0.425. The van der Waals surface area contributed by atoms with Gasteiger partial charge >= 0.3 is 0 Å². The van der Waals surface area contributed by atoms with Crippen LogP contribution in [0.3, 0.4) is 0 Å². The molecule has 0 aliphatic carbocycles. The van der Waals surface area contributed by atoms with Gasteiger partial charge in [0.25, 0.3) is 5.91 Å². The molecule has 9 heteroatoms. The second-order valence-electron chi connectivity index (χ2n) is 7.34. The lowest BCUT2D eigenvalue weighted by molar-refractivity contribution is -0.149. The van der Waals surface area contributed by atoms with E-state index in [-0.39, 0.29) is 36.9 Å². The largest absolute Gasteiger partial charge is 0.454 e. The number of ketones is 1. The zero-order valence-electron chi connectivity index (χ0n) is 16.3. The summed E-state index contributed by atoms with van der Waals surface area (Å²) in [6.07, 6.45) is 0.902. The highest BCUT2D eigenvalue weighted by Crippen LogP contribution is 2.37. The quantitative estimate of drug-likeness (QED) is 0.739. The molecule has 2 atom stereocenters. The molecule has 9 nitrogen and oxygen atoms in total. The number of benzene rings is 1. The minimum absolute atomic E-state index is 0.0363. The van der Waals surface area contributed by atoms with Crippen LogP contribution in [0.4, 0.5) is 5.69 Å². The van der Waals surface area contributed by atoms with Crippen molar-refractivity contribution in [2.75, 3.05) is 38.4 Å². The molecule has 2 amide bonds. The molecule has 0 aromatic heterocycles. The molecule has 156 valence electrons. The molecule has 29 heavy (non-hydrogen) atoms. The van der Waals surface area contributed by atoms with Gasteiger partial charge in [-0.1, -0.05) is 0 Å². The Morgan fingerprint density at radius 3 is 2.66 bits per heavy atom. The first-order chi connectivity index (χ1) is 14.0. The highest BCUT2D eigenvalue weighted by molar-refractivity contribution is 6.04. The van der Waals surface area contributed by atoms with Crippen molar-refractivity contribution >= 4 is 23.3 Å². The van der Waals surface area contributed by atoms with Gasteiger partial charge in [0.05, 0.1) is 24.8 Å². The van der Waals surface area contributed by atoms with Crippen LogP contribution < -0.4 is 14.8 Å². The van der Waals surface area contributed by atoms with Crippen LogP contribution in [0.15, 0.2) is 12.1 Å². The normalized spacial score (nSPS) is 23.1. The first-order valence-corrected chi connectivity index (χ1v) is 9.77. The van der Waals surface area contributed by atoms with Crippen LogP contribution in [-0.4, -0.2) is 67.8 Å². The summed E-state index contributed by atoms with van der Waals surface area (Å²) in [7, 11) is 0. The molecule has 2 unspecified atom stereocenters. The summed E-state index contributed by atoms with van der Waals surface area (Å²) in [4.78, 5) is 38.8. The number of nitrogens with zero attached hydrogens (tertiary/aromatic N) is 1. The second-order valence-corrected chi connectivity index (χ2v) is 7.34. The monoisotopic (exact) mass is 404 g/mol. The molecule has 0 spiro atoms. The van der Waals surface area contributed by atoms with E-state index >= 15 is 0 Å². The van der Waals surface area contributed by atoms with Crippen molar-refractivity contribution < 1.29 is 33.3 Å². The summed E-state index contributed by atoms with van der Waals surface area (Å²) in [6, 6.07) is 3.16. The smallest absolute Gasteiger partial charge is 0.251 e. The zero-order chi connectivity index (χ0) is 20.4. The van der Waals surface area contributed by atoms with Gasteiger partial charge in [-0.15, -0.1) is 0 Å². The Kier molecular flexibility index (Phi) is 5.68. The van der Waals surface area contributed by atoms with E-state index in [4.69, 9.17) is 18.9 Å². The maximum Gasteiger partial charge on any atom is 0.251 e. The summed E-state index contributed by atoms with van der Waals surface area (Å²) < 4.78 is 21.8. The van der Waals surface area contributed by atoms with Gasteiger partial charge in [0.2, 0.25) is 12.7 Å². The van der Waals surface area contributed by atoms with Gasteiger partial charge in [-0.25, -0.2) is 0 Å². The van der Waals surface area contributed by atoms with Gasteiger partial charge in [0.15, 0.2) is 17.3 Å². The molecule has 4 rings (SSSR count). The number of rotatable bonds is 5. The number of hydrogen-bond acceptors (Lipinski definition) is 7. The molecule has 0 saturated carbocycles. The van der Waals surface area contributed by atoms with Crippen molar-refractivity contribution in [2.45, 2.75) is 38.4 Å². The molecule has 3 heterocycles. The van der Waals surface area contributed by atoms with Crippen molar-refractivity contribution in [1.29, 1.82) is 0 Å². The van der Waals surface area contributed by atoms with Gasteiger partial charge < -0.3 is 29.2 Å². The van der Waals surface area contributed by atoms with Crippen LogP contribution in [0.5, 0.6) is 11.5 Å². The Hall–Kier alpha value is -2.65. The molecular weight excluding hydrogens is 380 g/mol. The molecule has 0 radical (unpaired) electrons. The second kappa shape index (κ2) is 8.38. The molecule has 1 N–H and O–H groups in total. The Morgan fingerprint density at radius 1 is 1.14 bits per heavy atom. The minimum atomic E-state index is -0.413. The molecule has 1 aromatic carbocycles. The fourth-order valence-corrected chi connectivity index (χ4v) is 3.76. The lowest BCUT2D eigenvalue weighted by Gasteiger charge is -2.34. The first kappa shape index (κ1) is 19.7. The number of nitrogens with one attached hydrogen (secondary N) is 1. The van der Waals surface area contributed by atoms with Gasteiger partial charge in [0, 0.05) is 31.3 Å². The molecular formula is C20H24N2O7. The number of fused-ring (bicyclic) bond motifs is 1. The lowest BCUT2D eigenvalue weighted by atomic mass is 10.1. The van der Waals surface area contributed by atoms with Crippen LogP contribution in [0.25, 0.3) is 0 Å². The Morgan fingerprint density at radius 2 is 1.93 bits per heavy atom. The average molecular weight is 404 g/mol. The predicted molar refractivity (Wildman–Crippen MR) is 101 cm³/mol. The van der Waals surface area contributed by atoms with Gasteiger partial charge in [0.1, 0.15) is 6.10 Å². The topological polar surface area (TPSA) is 103 Å². The summed E-state index contributed by atoms with van der Waals surface area (Å²) >= 11 is 0. The molecule has 0 bridgehead atoms. The molecule has 2 saturated heterocycles. The summed E-state index contributed by atoms with van der Waals surface area (Å²) in [5.41, 5.74) is 0.720. The standard InChI is InChI=1S/C20H24N2O7/c1-12(23)14-8-17-18(29-11-28-17)9-15(14)21-19(24)7-13-10-22(4-6-26-13)20(25)16-3-2-5-27-16/h8-9,13,16H,2-7,10-11H2,1H3,(H,21,24). The van der Waals surface area contributed by atoms with Crippen LogP contribution in [-0.2, 0) is 19.1 Å². The fourth-order valence-electron chi connectivity index (χ4n) is 3.76. The lowest BCUT2D eigenvalue weighted by Crippen LogP contribution is -2.49. The van der Waals surface area contributed by atoms with Crippen LogP contribution in [0.1, 0.15) is 36.5 Å². The highest BCUT2D eigenvalue weighted by atomic mass is 16.7. The van der Waals surface area contributed by atoms with Crippen molar-refractivity contribution in [1.82, 2.24) is 4.90 Å². The summed E-state index contributed by atoms with van der Waals surface area (Å²) in [5, 5.41) is 2.76. The number of carbonyl (C=O) groups excluding carboxylic acids is 3. The van der Waals surface area contributed by atoms with E-state index in [2.05, 4.69) is 5.32 Å². The third-order valence-electron chi connectivity index (χ3n) is 5.23. The Labute approximate surface area is 168 Å². The van der Waals surface area contributed by atoms with E-state index in [1.807, 2.05) is 0 Å². The van der Waals surface area contributed by atoms with Gasteiger partial charge in [-0.2, -0.15) is 0 Å². The maximum atomic E-state index is 12.6. The van der Waals surface area contributed by atoms with E-state index in [1.54, 1.807) is 17.0 Å². The SMILES string of the molecule is CC(=O)c1cc2c(cc1NC(=O)CC1CN(C(=O)C3CCCO3)CCO1)OCO2. The predicted octanol–water partition coefficient (Wildman–Crippen LogP) is 1.35. The van der Waals surface area contributed by atoms with E-state index in [0.29, 0.717) is 49.1 Å². The van der Waals surface area contributed by atoms with Crippen molar-refractivity contribution in [3.63, 3.8) is 0 Å². The number of Topliss-reactive ketones (excluding diaryl/α,β-unsaturated/α-hetero) is 1. The number of morpholine rings is 1. The number of anilines is 1. The van der Waals surface area contributed by atoms with Gasteiger partial charge in [-0.3, -0.25) is 14.4 Å². The minimum Gasteiger partial charge on any atom is -0.454 e. The van der Waals surface area contributed by atoms with Crippen LogP contribution in [0.2, 0.25) is 0 Å². The number of amides is 2. The van der Waals surface area contributed by atoms with E-state index in [9.17, 15) is 14.4 Å².